The Labute approximate surface area is 127 Å². The van der Waals surface area contributed by atoms with Gasteiger partial charge in [0.15, 0.2) is 0 Å². The van der Waals surface area contributed by atoms with Crippen LogP contribution in [0.25, 0.3) is 0 Å². The molecule has 0 aliphatic carbocycles. The molecule has 0 aromatic heterocycles. The van der Waals surface area contributed by atoms with Crippen LogP contribution in [0, 0.1) is 0 Å². The monoisotopic (exact) mass is 347 g/mol. The molecule has 0 fully saturated rings. The molecule has 0 radical (unpaired) electrons. The van der Waals surface area contributed by atoms with Gasteiger partial charge in [0.25, 0.3) is 0 Å². The molecule has 0 saturated carbocycles. The van der Waals surface area contributed by atoms with Crippen molar-refractivity contribution < 1.29 is 26.3 Å². The van der Waals surface area contributed by atoms with E-state index in [9.17, 15) is 26.3 Å². The third-order valence-corrected chi connectivity index (χ3v) is 2.84. The van der Waals surface area contributed by atoms with Gasteiger partial charge in [-0.1, -0.05) is 0 Å². The number of anilines is 1. The van der Waals surface area contributed by atoms with Gasteiger partial charge in [-0.05, 0) is 12.1 Å². The maximum atomic E-state index is 13.1. The zero-order chi connectivity index (χ0) is 17.3. The fourth-order valence-electron chi connectivity index (χ4n) is 1.79. The predicted octanol–water partition coefficient (Wildman–Crippen LogP) is 4.02. The Hall–Kier alpha value is -1.64. The summed E-state index contributed by atoms with van der Waals surface area (Å²) < 4.78 is 78.5. The summed E-state index contributed by atoms with van der Waals surface area (Å²) in [5, 5.41) is 0. The third kappa shape index (κ3) is 4.19. The van der Waals surface area contributed by atoms with Gasteiger partial charge in [-0.25, -0.2) is 4.99 Å². The van der Waals surface area contributed by atoms with Crippen molar-refractivity contribution >= 4 is 28.8 Å². The van der Waals surface area contributed by atoms with Crippen LogP contribution in [-0.4, -0.2) is 25.8 Å². The summed E-state index contributed by atoms with van der Waals surface area (Å²) in [7, 11) is 2.19. The molecule has 2 N–H and O–H groups in total. The second-order valence-electron chi connectivity index (χ2n) is 4.52. The number of amidine groups is 1. The summed E-state index contributed by atoms with van der Waals surface area (Å²) in [4.78, 5) is 4.22. The number of aliphatic imine (C=N–C) groups is 1. The Kier molecular flexibility index (Phi) is 5.21. The molecule has 10 heteroatoms. The molecule has 0 atom stereocenters. The second-order valence-corrected chi connectivity index (χ2v) is 4.78. The maximum Gasteiger partial charge on any atom is 0.418 e. The molecule has 22 heavy (non-hydrogen) atoms. The Bertz CT molecular complexity index is 542. The first-order valence-corrected chi connectivity index (χ1v) is 6.30. The van der Waals surface area contributed by atoms with Crippen molar-refractivity contribution in [2.75, 3.05) is 24.9 Å². The van der Waals surface area contributed by atoms with Gasteiger partial charge in [0.2, 0.25) is 0 Å². The van der Waals surface area contributed by atoms with E-state index in [1.807, 2.05) is 0 Å². The molecular formula is C12H12ClF6N3. The number of rotatable bonds is 3. The Morgan fingerprint density at radius 1 is 1.09 bits per heavy atom. The normalized spacial score (nSPS) is 13.4. The zero-order valence-corrected chi connectivity index (χ0v) is 12.2. The Balaban J connectivity index is 3.77. The molecule has 0 aliphatic heterocycles. The van der Waals surface area contributed by atoms with Gasteiger partial charge >= 0.3 is 12.4 Å². The van der Waals surface area contributed by atoms with E-state index >= 15 is 0 Å². The lowest BCUT2D eigenvalue weighted by molar-refractivity contribution is -0.142. The number of hydrogen-bond donors (Lipinski definition) is 1. The van der Waals surface area contributed by atoms with Crippen molar-refractivity contribution in [3.63, 3.8) is 0 Å². The number of nitrogens with two attached hydrogens (primary N) is 1. The average Bonchev–Trinajstić information content (AvgIpc) is 2.35. The van der Waals surface area contributed by atoms with E-state index in [0.29, 0.717) is 12.1 Å². The highest BCUT2D eigenvalue weighted by Gasteiger charge is 2.42. The van der Waals surface area contributed by atoms with Crippen molar-refractivity contribution in [1.29, 1.82) is 0 Å². The minimum Gasteiger partial charge on any atom is -0.386 e. The van der Waals surface area contributed by atoms with Crippen molar-refractivity contribution in [1.82, 2.24) is 0 Å². The van der Waals surface area contributed by atoms with Crippen LogP contribution in [-0.2, 0) is 12.4 Å². The van der Waals surface area contributed by atoms with Crippen LogP contribution in [0.3, 0.4) is 0 Å². The fraction of sp³-hybridized carbons (Fsp3) is 0.417. The number of benzene rings is 1. The Morgan fingerprint density at radius 2 is 1.50 bits per heavy atom. The molecule has 0 unspecified atom stereocenters. The van der Waals surface area contributed by atoms with E-state index in [0.717, 1.165) is 19.0 Å². The summed E-state index contributed by atoms with van der Waals surface area (Å²) in [6.07, 6.45) is -9.97. The van der Waals surface area contributed by atoms with Gasteiger partial charge in [0, 0.05) is 14.1 Å². The molecule has 1 aromatic carbocycles. The van der Waals surface area contributed by atoms with Crippen LogP contribution in [0.1, 0.15) is 11.1 Å². The number of halogens is 7. The third-order valence-electron chi connectivity index (χ3n) is 2.56. The van der Waals surface area contributed by atoms with Crippen LogP contribution < -0.4 is 10.6 Å². The van der Waals surface area contributed by atoms with Gasteiger partial charge in [-0.2, -0.15) is 26.3 Å². The lowest BCUT2D eigenvalue weighted by Gasteiger charge is -2.24. The summed E-state index contributed by atoms with van der Waals surface area (Å²) in [5.41, 5.74) is 0.816. The minimum absolute atomic E-state index is 0.291. The lowest BCUT2D eigenvalue weighted by Crippen LogP contribution is -2.22. The minimum atomic E-state index is -4.99. The highest BCUT2D eigenvalue weighted by molar-refractivity contribution is 6.28. The van der Waals surface area contributed by atoms with Crippen molar-refractivity contribution in [3.05, 3.63) is 23.3 Å². The molecule has 1 rings (SSSR count). The molecule has 0 heterocycles. The van der Waals surface area contributed by atoms with Gasteiger partial charge in [-0.15, -0.1) is 11.6 Å². The first-order valence-electron chi connectivity index (χ1n) is 5.76. The summed E-state index contributed by atoms with van der Waals surface area (Å²) in [6, 6.07) is 1.01. The summed E-state index contributed by atoms with van der Waals surface area (Å²) >= 11 is 5.33. The molecule has 0 saturated heterocycles. The van der Waals surface area contributed by atoms with Crippen LogP contribution in [0.15, 0.2) is 17.1 Å². The highest BCUT2D eigenvalue weighted by Crippen LogP contribution is 2.46. The SMILES string of the molecule is CN(C)c1c(C(F)(F)F)cc(N=C(N)CCl)cc1C(F)(F)F. The predicted molar refractivity (Wildman–Crippen MR) is 72.8 cm³/mol. The van der Waals surface area contributed by atoms with Gasteiger partial charge in [0.05, 0.1) is 28.4 Å². The van der Waals surface area contributed by atoms with Gasteiger partial charge in [-0.3, -0.25) is 0 Å². The van der Waals surface area contributed by atoms with Crippen LogP contribution >= 0.6 is 11.6 Å². The van der Waals surface area contributed by atoms with Crippen molar-refractivity contribution in [2.45, 2.75) is 12.4 Å². The van der Waals surface area contributed by atoms with Crippen LogP contribution in [0.2, 0.25) is 0 Å². The number of alkyl halides is 7. The van der Waals surface area contributed by atoms with Crippen molar-refractivity contribution in [3.8, 4) is 0 Å². The summed E-state index contributed by atoms with van der Waals surface area (Å²) in [6.45, 7) is 0. The molecule has 0 amide bonds. The van der Waals surface area contributed by atoms with Crippen LogP contribution in [0.4, 0.5) is 37.7 Å². The lowest BCUT2D eigenvalue weighted by atomic mass is 10.0. The number of hydrogen-bond acceptors (Lipinski definition) is 2. The standard InChI is InChI=1S/C12H12ClF6N3/c1-22(2)10-7(11(14,15)16)3-6(21-9(20)5-13)4-8(10)12(17,18)19/h3-4H,5H2,1-2H3,(H2,20,21). The molecule has 1 aromatic rings. The number of nitrogens with zero attached hydrogens (tertiary/aromatic N) is 2. The summed E-state index contributed by atoms with van der Waals surface area (Å²) in [5.74, 6) is -0.612. The van der Waals surface area contributed by atoms with E-state index in [2.05, 4.69) is 4.99 Å². The Morgan fingerprint density at radius 3 is 1.77 bits per heavy atom. The zero-order valence-electron chi connectivity index (χ0n) is 11.5. The van der Waals surface area contributed by atoms with Crippen LogP contribution in [0.5, 0.6) is 0 Å². The molecule has 0 aliphatic rings. The molecular weight excluding hydrogens is 336 g/mol. The second kappa shape index (κ2) is 6.23. The largest absolute Gasteiger partial charge is 0.418 e. The maximum absolute atomic E-state index is 13.1. The fourth-order valence-corrected chi connectivity index (χ4v) is 1.85. The smallest absolute Gasteiger partial charge is 0.386 e. The molecule has 124 valence electrons. The molecule has 0 spiro atoms. The molecule has 3 nitrogen and oxygen atoms in total. The highest BCUT2D eigenvalue weighted by atomic mass is 35.5. The van der Waals surface area contributed by atoms with E-state index in [4.69, 9.17) is 17.3 Å². The average molecular weight is 348 g/mol. The van der Waals surface area contributed by atoms with Gasteiger partial charge in [0.1, 0.15) is 5.84 Å². The first kappa shape index (κ1) is 18.4. The first-order chi connectivity index (χ1) is 9.87. The van der Waals surface area contributed by atoms with Gasteiger partial charge < -0.3 is 10.6 Å². The van der Waals surface area contributed by atoms with E-state index in [1.54, 1.807) is 0 Å². The van der Waals surface area contributed by atoms with E-state index < -0.39 is 34.9 Å². The topological polar surface area (TPSA) is 41.6 Å². The van der Waals surface area contributed by atoms with E-state index in [-0.39, 0.29) is 11.7 Å². The van der Waals surface area contributed by atoms with E-state index in [1.165, 1.54) is 0 Å². The van der Waals surface area contributed by atoms with Crippen molar-refractivity contribution in [2.24, 2.45) is 10.7 Å². The quantitative estimate of drug-likeness (QED) is 0.388. The molecule has 0 bridgehead atoms.